The summed E-state index contributed by atoms with van der Waals surface area (Å²) in [4.78, 5) is 15.4. The van der Waals surface area contributed by atoms with Crippen molar-refractivity contribution in [2.45, 2.75) is 19.5 Å². The Balaban J connectivity index is 1.91. The maximum Gasteiger partial charge on any atom is 0.416 e. The summed E-state index contributed by atoms with van der Waals surface area (Å²) >= 11 is 0. The Hall–Kier alpha value is -3.20. The molecule has 2 N–H and O–H groups in total. The molecule has 0 bridgehead atoms. The minimum Gasteiger partial charge on any atom is -0.354 e. The Kier molecular flexibility index (Phi) is 7.06. The lowest BCUT2D eigenvalue weighted by Gasteiger charge is -2.15. The van der Waals surface area contributed by atoms with Gasteiger partial charge in [0.15, 0.2) is 0 Å². The molecule has 0 saturated heterocycles. The Labute approximate surface area is 179 Å². The van der Waals surface area contributed by atoms with E-state index in [1.54, 1.807) is 25.3 Å². The number of aryl methyl sites for hydroxylation is 1. The average molecular weight is 430 g/mol. The van der Waals surface area contributed by atoms with Crippen molar-refractivity contribution in [3.63, 3.8) is 0 Å². The number of nitrogens with zero attached hydrogens (tertiary/aromatic N) is 4. The Bertz CT molecular complexity index is 1010. The van der Waals surface area contributed by atoms with Gasteiger partial charge in [-0.3, -0.25) is 4.98 Å². The number of aromatic nitrogens is 3. The van der Waals surface area contributed by atoms with Crippen molar-refractivity contribution in [3.8, 4) is 11.4 Å². The molecule has 3 rings (SSSR count). The van der Waals surface area contributed by atoms with E-state index < -0.39 is 11.7 Å². The highest BCUT2D eigenvalue weighted by atomic mass is 19.4. The SMILES string of the molecule is Cc1ccc(C(F)(F)F)cc1Nc1cc(-c2ccccn2)nc(NCCCN(C)C)n1. The minimum absolute atomic E-state index is 0.332. The molecule has 0 amide bonds. The molecule has 0 aliphatic heterocycles. The molecule has 0 spiro atoms. The highest BCUT2D eigenvalue weighted by Gasteiger charge is 2.30. The number of pyridine rings is 1. The van der Waals surface area contributed by atoms with Gasteiger partial charge in [0.1, 0.15) is 5.82 Å². The molecule has 0 aliphatic carbocycles. The van der Waals surface area contributed by atoms with E-state index in [4.69, 9.17) is 0 Å². The average Bonchev–Trinajstić information content (AvgIpc) is 2.72. The van der Waals surface area contributed by atoms with E-state index in [9.17, 15) is 13.2 Å². The van der Waals surface area contributed by atoms with Crippen LogP contribution in [0.4, 0.5) is 30.6 Å². The Morgan fingerprint density at radius 1 is 1.00 bits per heavy atom. The van der Waals surface area contributed by atoms with Crippen molar-refractivity contribution in [2.24, 2.45) is 0 Å². The number of halogens is 3. The first-order valence-electron chi connectivity index (χ1n) is 9.86. The summed E-state index contributed by atoms with van der Waals surface area (Å²) in [5.41, 5.74) is 1.50. The van der Waals surface area contributed by atoms with Gasteiger partial charge < -0.3 is 15.5 Å². The van der Waals surface area contributed by atoms with Crippen LogP contribution in [0, 0.1) is 6.92 Å². The number of anilines is 3. The monoisotopic (exact) mass is 430 g/mol. The molecule has 9 heteroatoms. The van der Waals surface area contributed by atoms with Crippen LogP contribution < -0.4 is 10.6 Å². The van der Waals surface area contributed by atoms with Crippen molar-refractivity contribution in [1.29, 1.82) is 0 Å². The summed E-state index contributed by atoms with van der Waals surface area (Å²) in [6.45, 7) is 3.30. The van der Waals surface area contributed by atoms with E-state index in [1.165, 1.54) is 6.07 Å². The van der Waals surface area contributed by atoms with Crippen LogP contribution in [-0.4, -0.2) is 47.0 Å². The molecule has 164 valence electrons. The quantitative estimate of drug-likeness (QED) is 0.492. The molecule has 1 aromatic carbocycles. The molecule has 6 nitrogen and oxygen atoms in total. The van der Waals surface area contributed by atoms with Crippen LogP contribution in [0.3, 0.4) is 0 Å². The van der Waals surface area contributed by atoms with E-state index in [1.807, 2.05) is 26.2 Å². The molecule has 2 heterocycles. The molecule has 0 fully saturated rings. The molecule has 3 aromatic rings. The molecule has 0 saturated carbocycles. The van der Waals surface area contributed by atoms with Gasteiger partial charge in [0.25, 0.3) is 0 Å². The van der Waals surface area contributed by atoms with Gasteiger partial charge in [-0.15, -0.1) is 0 Å². The third-order valence-corrected chi connectivity index (χ3v) is 4.55. The summed E-state index contributed by atoms with van der Waals surface area (Å²) in [6, 6.07) is 10.7. The second-order valence-electron chi connectivity index (χ2n) is 7.41. The largest absolute Gasteiger partial charge is 0.416 e. The van der Waals surface area contributed by atoms with Crippen LogP contribution >= 0.6 is 0 Å². The van der Waals surface area contributed by atoms with Crippen molar-refractivity contribution in [1.82, 2.24) is 19.9 Å². The second-order valence-corrected chi connectivity index (χ2v) is 7.41. The lowest BCUT2D eigenvalue weighted by atomic mass is 10.1. The number of hydrogen-bond acceptors (Lipinski definition) is 6. The van der Waals surface area contributed by atoms with Gasteiger partial charge in [0.05, 0.1) is 17.0 Å². The molecular formula is C22H25F3N6. The third-order valence-electron chi connectivity index (χ3n) is 4.55. The van der Waals surface area contributed by atoms with Gasteiger partial charge in [0, 0.05) is 24.5 Å². The molecule has 0 atom stereocenters. The summed E-state index contributed by atoms with van der Waals surface area (Å²) in [5, 5.41) is 6.21. The van der Waals surface area contributed by atoms with E-state index in [-0.39, 0.29) is 0 Å². The van der Waals surface area contributed by atoms with Crippen molar-refractivity contribution in [3.05, 3.63) is 59.8 Å². The van der Waals surface area contributed by atoms with Crippen LogP contribution in [-0.2, 0) is 6.18 Å². The topological polar surface area (TPSA) is 66.0 Å². The zero-order valence-electron chi connectivity index (χ0n) is 17.7. The van der Waals surface area contributed by atoms with E-state index in [0.29, 0.717) is 40.9 Å². The number of hydrogen-bond donors (Lipinski definition) is 2. The van der Waals surface area contributed by atoms with Crippen molar-refractivity contribution >= 4 is 17.5 Å². The maximum absolute atomic E-state index is 13.1. The molecular weight excluding hydrogens is 405 g/mol. The maximum atomic E-state index is 13.1. The van der Waals surface area contributed by atoms with Crippen LogP contribution in [0.1, 0.15) is 17.5 Å². The van der Waals surface area contributed by atoms with Gasteiger partial charge in [-0.05, 0) is 63.8 Å². The first-order chi connectivity index (χ1) is 14.7. The summed E-state index contributed by atoms with van der Waals surface area (Å²) in [6.07, 6.45) is -1.88. The fourth-order valence-electron chi connectivity index (χ4n) is 2.90. The normalized spacial score (nSPS) is 11.6. The van der Waals surface area contributed by atoms with Gasteiger partial charge in [-0.25, -0.2) is 4.98 Å². The molecule has 0 unspecified atom stereocenters. The predicted molar refractivity (Wildman–Crippen MR) is 116 cm³/mol. The molecule has 0 radical (unpaired) electrons. The van der Waals surface area contributed by atoms with Crippen molar-refractivity contribution in [2.75, 3.05) is 37.8 Å². The third kappa shape index (κ3) is 6.39. The van der Waals surface area contributed by atoms with Gasteiger partial charge in [0.2, 0.25) is 5.95 Å². The molecule has 0 aliphatic rings. The predicted octanol–water partition coefficient (Wildman–Crippen LogP) is 4.97. The number of alkyl halides is 3. The van der Waals surface area contributed by atoms with Crippen LogP contribution in [0.5, 0.6) is 0 Å². The minimum atomic E-state index is -4.42. The first-order valence-corrected chi connectivity index (χ1v) is 9.86. The second kappa shape index (κ2) is 9.74. The van der Waals surface area contributed by atoms with E-state index in [2.05, 4.69) is 30.5 Å². The highest BCUT2D eigenvalue weighted by Crippen LogP contribution is 2.33. The van der Waals surface area contributed by atoms with Crippen LogP contribution in [0.15, 0.2) is 48.7 Å². The van der Waals surface area contributed by atoms with Crippen molar-refractivity contribution < 1.29 is 13.2 Å². The summed E-state index contributed by atoms with van der Waals surface area (Å²) < 4.78 is 39.4. The first kappa shape index (κ1) is 22.5. The van der Waals surface area contributed by atoms with E-state index >= 15 is 0 Å². The van der Waals surface area contributed by atoms with E-state index in [0.717, 1.165) is 25.1 Å². The lowest BCUT2D eigenvalue weighted by Crippen LogP contribution is -2.17. The number of benzene rings is 1. The highest BCUT2D eigenvalue weighted by molar-refractivity contribution is 5.67. The number of rotatable bonds is 8. The molecule has 31 heavy (non-hydrogen) atoms. The fraction of sp³-hybridized carbons (Fsp3) is 0.318. The van der Waals surface area contributed by atoms with Gasteiger partial charge >= 0.3 is 6.18 Å². The Morgan fingerprint density at radius 3 is 2.48 bits per heavy atom. The zero-order valence-corrected chi connectivity index (χ0v) is 17.7. The van der Waals surface area contributed by atoms with Crippen LogP contribution in [0.25, 0.3) is 11.4 Å². The standard InChI is InChI=1S/C22H25F3N6/c1-15-8-9-16(22(23,24)25)13-18(15)28-20-14-19(17-7-4-5-10-26-17)29-21(30-20)27-11-6-12-31(2)3/h4-5,7-10,13-14H,6,11-12H2,1-3H3,(H2,27,28,29,30). The number of nitrogens with one attached hydrogen (secondary N) is 2. The smallest absolute Gasteiger partial charge is 0.354 e. The summed E-state index contributed by atoms with van der Waals surface area (Å²) in [5.74, 6) is 0.766. The van der Waals surface area contributed by atoms with Crippen LogP contribution in [0.2, 0.25) is 0 Å². The van der Waals surface area contributed by atoms with Gasteiger partial charge in [-0.1, -0.05) is 12.1 Å². The Morgan fingerprint density at radius 2 is 1.81 bits per heavy atom. The lowest BCUT2D eigenvalue weighted by molar-refractivity contribution is -0.137. The zero-order chi connectivity index (χ0) is 22.4. The fourth-order valence-corrected chi connectivity index (χ4v) is 2.90. The molecule has 2 aromatic heterocycles. The summed E-state index contributed by atoms with van der Waals surface area (Å²) in [7, 11) is 4.00. The van der Waals surface area contributed by atoms with Gasteiger partial charge in [-0.2, -0.15) is 18.2 Å².